The van der Waals surface area contributed by atoms with Gasteiger partial charge in [0, 0.05) is 43.4 Å². The van der Waals surface area contributed by atoms with Crippen molar-refractivity contribution in [3.8, 4) is 0 Å². The Morgan fingerprint density at radius 2 is 1.29 bits per heavy atom. The van der Waals surface area contributed by atoms with Crippen molar-refractivity contribution in [3.05, 3.63) is 72.8 Å². The fraction of sp³-hybridized carbons (Fsp3) is 0. The first-order valence-electron chi connectivity index (χ1n) is 9.36. The van der Waals surface area contributed by atoms with Crippen molar-refractivity contribution in [3.63, 3.8) is 0 Å². The highest BCUT2D eigenvalue weighted by atomic mass is 14.9. The average molecular weight is 358 g/mol. The fourth-order valence-electron chi connectivity index (χ4n) is 4.35. The van der Waals surface area contributed by atoms with Crippen LogP contribution in [-0.4, -0.2) is 19.9 Å². The number of hydrogen-bond donors (Lipinski definition) is 2. The number of hydrogen-bond acceptors (Lipinski definition) is 2. The second-order valence-electron chi connectivity index (χ2n) is 7.35. The molecule has 4 heteroatoms. The third-order valence-corrected chi connectivity index (χ3v) is 5.69. The van der Waals surface area contributed by atoms with Crippen LogP contribution >= 0.6 is 0 Å². The van der Waals surface area contributed by atoms with Gasteiger partial charge < -0.3 is 9.97 Å². The standard InChI is InChI=1S/C24H14N4/c1-3-7-19-15(5-1)17-9-13-11-22-14(12-21(13)27-23(17)25-19)10-18-16-6-2-4-8-20(16)26-24(18)28-22/h1-12,25,27H. The van der Waals surface area contributed by atoms with E-state index in [0.717, 1.165) is 54.9 Å². The molecule has 3 aromatic carbocycles. The molecule has 0 atom stereocenters. The van der Waals surface area contributed by atoms with E-state index in [1.807, 2.05) is 12.1 Å². The molecule has 4 nitrogen and oxygen atoms in total. The zero-order valence-electron chi connectivity index (χ0n) is 14.8. The number of fused-ring (bicyclic) bond motifs is 8. The molecule has 0 radical (unpaired) electrons. The first-order valence-corrected chi connectivity index (χ1v) is 9.36. The molecule has 0 aliphatic carbocycles. The minimum absolute atomic E-state index is 0.810. The third-order valence-electron chi connectivity index (χ3n) is 5.69. The quantitative estimate of drug-likeness (QED) is 0.324. The summed E-state index contributed by atoms with van der Waals surface area (Å²) in [5, 5.41) is 6.94. The SMILES string of the molecule is c1ccc2c(c1)nc1nc3cc4cc5c([nH]c4cc3cc12)[nH]c1ccccc15. The van der Waals surface area contributed by atoms with Gasteiger partial charge in [-0.1, -0.05) is 36.4 Å². The van der Waals surface area contributed by atoms with E-state index < -0.39 is 0 Å². The average Bonchev–Trinajstić information content (AvgIpc) is 3.26. The molecule has 0 saturated heterocycles. The topological polar surface area (TPSA) is 57.4 Å². The fourth-order valence-corrected chi connectivity index (χ4v) is 4.35. The molecule has 7 aromatic rings. The Morgan fingerprint density at radius 1 is 0.536 bits per heavy atom. The summed E-state index contributed by atoms with van der Waals surface area (Å²) in [6.45, 7) is 0. The van der Waals surface area contributed by atoms with Gasteiger partial charge in [-0.25, -0.2) is 9.97 Å². The van der Waals surface area contributed by atoms with Gasteiger partial charge in [-0.3, -0.25) is 0 Å². The molecular formula is C24H14N4. The molecule has 130 valence electrons. The monoisotopic (exact) mass is 358 g/mol. The van der Waals surface area contributed by atoms with Crippen molar-refractivity contribution in [2.24, 2.45) is 0 Å². The summed E-state index contributed by atoms with van der Waals surface area (Å²) in [7, 11) is 0. The van der Waals surface area contributed by atoms with E-state index in [4.69, 9.17) is 9.97 Å². The maximum Gasteiger partial charge on any atom is 0.161 e. The number of nitrogens with one attached hydrogen (secondary N) is 2. The summed E-state index contributed by atoms with van der Waals surface area (Å²) in [4.78, 5) is 16.6. The van der Waals surface area contributed by atoms with E-state index >= 15 is 0 Å². The van der Waals surface area contributed by atoms with Crippen LogP contribution in [0, 0.1) is 0 Å². The zero-order chi connectivity index (χ0) is 18.2. The summed E-state index contributed by atoms with van der Waals surface area (Å²) >= 11 is 0. The van der Waals surface area contributed by atoms with Crippen molar-refractivity contribution >= 4 is 65.7 Å². The smallest absolute Gasteiger partial charge is 0.161 e. The van der Waals surface area contributed by atoms with Crippen molar-refractivity contribution in [1.82, 2.24) is 19.9 Å². The Bertz CT molecular complexity index is 1590. The van der Waals surface area contributed by atoms with E-state index in [9.17, 15) is 0 Å². The van der Waals surface area contributed by atoms with Crippen LogP contribution in [-0.2, 0) is 0 Å². The van der Waals surface area contributed by atoms with Gasteiger partial charge in [0.25, 0.3) is 0 Å². The van der Waals surface area contributed by atoms with Gasteiger partial charge in [-0.05, 0) is 36.4 Å². The predicted molar refractivity (Wildman–Crippen MR) is 116 cm³/mol. The lowest BCUT2D eigenvalue weighted by atomic mass is 10.1. The van der Waals surface area contributed by atoms with Crippen LogP contribution in [0.3, 0.4) is 0 Å². The molecule has 0 bridgehead atoms. The van der Waals surface area contributed by atoms with E-state index in [-0.39, 0.29) is 0 Å². The summed E-state index contributed by atoms with van der Waals surface area (Å²) < 4.78 is 0. The minimum atomic E-state index is 0.810. The molecule has 0 unspecified atom stereocenters. The summed E-state index contributed by atoms with van der Waals surface area (Å²) in [5.74, 6) is 0. The largest absolute Gasteiger partial charge is 0.341 e. The lowest BCUT2D eigenvalue weighted by Crippen LogP contribution is -1.85. The van der Waals surface area contributed by atoms with Crippen LogP contribution in [0.2, 0.25) is 0 Å². The Morgan fingerprint density at radius 3 is 2.25 bits per heavy atom. The molecule has 0 aliphatic heterocycles. The lowest BCUT2D eigenvalue weighted by Gasteiger charge is -2.04. The molecule has 0 amide bonds. The molecular weight excluding hydrogens is 344 g/mol. The van der Waals surface area contributed by atoms with Gasteiger partial charge in [0.15, 0.2) is 5.65 Å². The summed E-state index contributed by atoms with van der Waals surface area (Å²) in [5.41, 5.74) is 6.05. The maximum atomic E-state index is 4.86. The van der Waals surface area contributed by atoms with Crippen LogP contribution in [0.4, 0.5) is 0 Å². The molecule has 0 aliphatic rings. The first-order chi connectivity index (χ1) is 13.8. The van der Waals surface area contributed by atoms with Crippen molar-refractivity contribution in [2.45, 2.75) is 0 Å². The second-order valence-corrected chi connectivity index (χ2v) is 7.35. The molecule has 2 N–H and O–H groups in total. The zero-order valence-corrected chi connectivity index (χ0v) is 14.8. The number of aromatic nitrogens is 4. The van der Waals surface area contributed by atoms with Gasteiger partial charge in [0.05, 0.1) is 11.0 Å². The summed E-state index contributed by atoms with van der Waals surface area (Å²) in [6.07, 6.45) is 0. The van der Waals surface area contributed by atoms with E-state index in [2.05, 4.69) is 70.6 Å². The van der Waals surface area contributed by atoms with Crippen LogP contribution in [0.15, 0.2) is 72.8 Å². The number of nitrogens with zero attached hydrogens (tertiary/aromatic N) is 2. The van der Waals surface area contributed by atoms with Gasteiger partial charge in [-0.15, -0.1) is 0 Å². The minimum Gasteiger partial charge on any atom is -0.341 e. The van der Waals surface area contributed by atoms with Crippen molar-refractivity contribution in [1.29, 1.82) is 0 Å². The van der Waals surface area contributed by atoms with E-state index in [1.54, 1.807) is 0 Å². The highest BCUT2D eigenvalue weighted by Crippen LogP contribution is 2.31. The Balaban J connectivity index is 1.61. The van der Waals surface area contributed by atoms with Gasteiger partial charge in [0.1, 0.15) is 5.65 Å². The van der Waals surface area contributed by atoms with Crippen LogP contribution < -0.4 is 0 Å². The third kappa shape index (κ3) is 1.79. The Labute approximate surface area is 158 Å². The number of H-pyrrole nitrogens is 2. The van der Waals surface area contributed by atoms with Crippen LogP contribution in [0.1, 0.15) is 0 Å². The number of para-hydroxylation sites is 2. The number of benzene rings is 3. The number of rotatable bonds is 0. The van der Waals surface area contributed by atoms with Crippen LogP contribution in [0.5, 0.6) is 0 Å². The number of pyridine rings is 2. The van der Waals surface area contributed by atoms with Crippen LogP contribution in [0.25, 0.3) is 65.7 Å². The molecule has 28 heavy (non-hydrogen) atoms. The van der Waals surface area contributed by atoms with E-state index in [1.165, 1.54) is 10.8 Å². The molecule has 7 rings (SSSR count). The molecule has 4 heterocycles. The summed E-state index contributed by atoms with van der Waals surface area (Å²) in [6, 6.07) is 25.4. The van der Waals surface area contributed by atoms with Gasteiger partial charge >= 0.3 is 0 Å². The normalized spacial score (nSPS) is 12.3. The lowest BCUT2D eigenvalue weighted by molar-refractivity contribution is 1.39. The molecule has 0 fully saturated rings. The Hall–Kier alpha value is -3.92. The predicted octanol–water partition coefficient (Wildman–Crippen LogP) is 6.05. The van der Waals surface area contributed by atoms with Gasteiger partial charge in [0.2, 0.25) is 0 Å². The first kappa shape index (κ1) is 14.2. The maximum absolute atomic E-state index is 4.86. The molecule has 4 aromatic heterocycles. The highest BCUT2D eigenvalue weighted by molar-refractivity contribution is 6.13. The Kier molecular flexibility index (Phi) is 2.46. The van der Waals surface area contributed by atoms with Crippen molar-refractivity contribution in [2.75, 3.05) is 0 Å². The molecule has 0 saturated carbocycles. The van der Waals surface area contributed by atoms with Crippen molar-refractivity contribution < 1.29 is 0 Å². The number of aromatic amines is 2. The highest BCUT2D eigenvalue weighted by Gasteiger charge is 2.11. The van der Waals surface area contributed by atoms with E-state index in [0.29, 0.717) is 0 Å². The second kappa shape index (κ2) is 4.87. The van der Waals surface area contributed by atoms with Gasteiger partial charge in [-0.2, -0.15) is 0 Å². The molecule has 0 spiro atoms.